The monoisotopic (exact) mass is 366 g/mol. The second-order valence-corrected chi connectivity index (χ2v) is 7.02. The SMILES string of the molecule is CCc1c(-c2ccc(C)cc2)c(C(N)=O)c(C)n1Cc1cccc(Cl)c1. The number of carbonyl (C=O) groups is 1. The number of rotatable bonds is 5. The molecule has 2 N–H and O–H groups in total. The molecule has 26 heavy (non-hydrogen) atoms. The van der Waals surface area contributed by atoms with Gasteiger partial charge in [0.2, 0.25) is 0 Å². The van der Waals surface area contributed by atoms with Gasteiger partial charge in [0.1, 0.15) is 0 Å². The van der Waals surface area contributed by atoms with Gasteiger partial charge in [-0.15, -0.1) is 0 Å². The Labute approximate surface area is 159 Å². The summed E-state index contributed by atoms with van der Waals surface area (Å²) in [7, 11) is 0. The number of halogens is 1. The first-order chi connectivity index (χ1) is 12.4. The Balaban J connectivity index is 2.20. The van der Waals surface area contributed by atoms with Crippen LogP contribution in [0.15, 0.2) is 48.5 Å². The predicted octanol–water partition coefficient (Wildman–Crippen LogP) is 5.13. The normalized spacial score (nSPS) is 10.9. The van der Waals surface area contributed by atoms with Gasteiger partial charge in [0.25, 0.3) is 5.91 Å². The maximum Gasteiger partial charge on any atom is 0.251 e. The summed E-state index contributed by atoms with van der Waals surface area (Å²) in [6.07, 6.45) is 0.803. The maximum atomic E-state index is 12.3. The van der Waals surface area contributed by atoms with Crippen LogP contribution in [-0.4, -0.2) is 10.5 Å². The van der Waals surface area contributed by atoms with E-state index in [9.17, 15) is 4.79 Å². The van der Waals surface area contributed by atoms with E-state index in [4.69, 9.17) is 17.3 Å². The Hall–Kier alpha value is -2.52. The molecular formula is C22H23ClN2O. The Bertz CT molecular complexity index is 955. The van der Waals surface area contributed by atoms with Crippen LogP contribution in [-0.2, 0) is 13.0 Å². The van der Waals surface area contributed by atoms with Crippen LogP contribution < -0.4 is 5.73 Å². The Morgan fingerprint density at radius 1 is 1.12 bits per heavy atom. The molecule has 134 valence electrons. The molecular weight excluding hydrogens is 344 g/mol. The zero-order valence-corrected chi connectivity index (χ0v) is 16.1. The van der Waals surface area contributed by atoms with E-state index < -0.39 is 5.91 Å². The number of aromatic nitrogens is 1. The van der Waals surface area contributed by atoms with Crippen LogP contribution in [0.3, 0.4) is 0 Å². The highest BCUT2D eigenvalue weighted by molar-refractivity contribution is 6.30. The number of carbonyl (C=O) groups excluding carboxylic acids is 1. The molecule has 0 bridgehead atoms. The lowest BCUT2D eigenvalue weighted by atomic mass is 9.98. The zero-order valence-electron chi connectivity index (χ0n) is 15.3. The lowest BCUT2D eigenvalue weighted by molar-refractivity contribution is 0.1000. The smallest absolute Gasteiger partial charge is 0.251 e. The number of nitrogens with zero attached hydrogens (tertiary/aromatic N) is 1. The molecule has 3 rings (SSSR count). The second-order valence-electron chi connectivity index (χ2n) is 6.58. The van der Waals surface area contributed by atoms with Crippen molar-refractivity contribution in [1.82, 2.24) is 4.57 Å². The summed E-state index contributed by atoms with van der Waals surface area (Å²) in [4.78, 5) is 12.3. The van der Waals surface area contributed by atoms with Crippen LogP contribution in [0.5, 0.6) is 0 Å². The molecule has 0 saturated heterocycles. The van der Waals surface area contributed by atoms with Crippen molar-refractivity contribution in [3.63, 3.8) is 0 Å². The van der Waals surface area contributed by atoms with Crippen LogP contribution in [0.1, 0.15) is 39.8 Å². The number of nitrogens with two attached hydrogens (primary N) is 1. The summed E-state index contributed by atoms with van der Waals surface area (Å²) in [6.45, 7) is 6.77. The van der Waals surface area contributed by atoms with Gasteiger partial charge in [-0.25, -0.2) is 0 Å². The minimum absolute atomic E-state index is 0.391. The summed E-state index contributed by atoms with van der Waals surface area (Å²) in [5.74, 6) is -0.391. The highest BCUT2D eigenvalue weighted by Crippen LogP contribution is 2.34. The van der Waals surface area contributed by atoms with E-state index >= 15 is 0 Å². The second kappa shape index (κ2) is 7.38. The third-order valence-electron chi connectivity index (χ3n) is 4.78. The van der Waals surface area contributed by atoms with E-state index in [1.165, 1.54) is 5.56 Å². The van der Waals surface area contributed by atoms with Gasteiger partial charge in [-0.1, -0.05) is 60.5 Å². The summed E-state index contributed by atoms with van der Waals surface area (Å²) in [5, 5.41) is 0.708. The number of hydrogen-bond donors (Lipinski definition) is 1. The Morgan fingerprint density at radius 3 is 2.38 bits per heavy atom. The first kappa shape index (κ1) is 18.3. The molecule has 0 aliphatic heterocycles. The quantitative estimate of drug-likeness (QED) is 0.668. The van der Waals surface area contributed by atoms with Gasteiger partial charge in [0.05, 0.1) is 5.56 Å². The number of amides is 1. The maximum absolute atomic E-state index is 12.3. The third kappa shape index (κ3) is 3.40. The van der Waals surface area contributed by atoms with Crippen LogP contribution in [0.25, 0.3) is 11.1 Å². The predicted molar refractivity (Wildman–Crippen MR) is 108 cm³/mol. The molecule has 1 aromatic heterocycles. The van der Waals surface area contributed by atoms with Crippen molar-refractivity contribution in [3.05, 3.63) is 81.6 Å². The van der Waals surface area contributed by atoms with Gasteiger partial charge in [0.15, 0.2) is 0 Å². The first-order valence-electron chi connectivity index (χ1n) is 8.75. The van der Waals surface area contributed by atoms with Crippen LogP contribution in [0, 0.1) is 13.8 Å². The van der Waals surface area contributed by atoms with Crippen molar-refractivity contribution >= 4 is 17.5 Å². The minimum atomic E-state index is -0.391. The van der Waals surface area contributed by atoms with E-state index in [0.717, 1.165) is 34.5 Å². The standard InChI is InChI=1S/C22H23ClN2O/c1-4-19-21(17-10-8-14(2)9-11-17)20(22(24)26)15(3)25(19)13-16-6-5-7-18(23)12-16/h5-12H,4,13H2,1-3H3,(H2,24,26). The molecule has 0 unspecified atom stereocenters. The van der Waals surface area contributed by atoms with E-state index in [1.54, 1.807) is 0 Å². The zero-order chi connectivity index (χ0) is 18.8. The Kier molecular flexibility index (Phi) is 5.19. The van der Waals surface area contributed by atoms with Crippen molar-refractivity contribution in [1.29, 1.82) is 0 Å². The minimum Gasteiger partial charge on any atom is -0.366 e. The molecule has 0 spiro atoms. The van der Waals surface area contributed by atoms with Crippen molar-refractivity contribution in [3.8, 4) is 11.1 Å². The van der Waals surface area contributed by atoms with Crippen molar-refractivity contribution in [2.45, 2.75) is 33.7 Å². The third-order valence-corrected chi connectivity index (χ3v) is 5.02. The van der Waals surface area contributed by atoms with Gasteiger partial charge >= 0.3 is 0 Å². The molecule has 1 heterocycles. The molecule has 0 atom stereocenters. The van der Waals surface area contributed by atoms with Crippen molar-refractivity contribution in [2.75, 3.05) is 0 Å². The Morgan fingerprint density at radius 2 is 1.81 bits per heavy atom. The highest BCUT2D eigenvalue weighted by atomic mass is 35.5. The fourth-order valence-electron chi connectivity index (χ4n) is 3.53. The molecule has 3 aromatic rings. The van der Waals surface area contributed by atoms with E-state index in [-0.39, 0.29) is 0 Å². The molecule has 1 amide bonds. The summed E-state index contributed by atoms with van der Waals surface area (Å²) < 4.78 is 2.18. The molecule has 0 saturated carbocycles. The summed E-state index contributed by atoms with van der Waals surface area (Å²) in [6, 6.07) is 16.0. The largest absolute Gasteiger partial charge is 0.366 e. The topological polar surface area (TPSA) is 48.0 Å². The van der Waals surface area contributed by atoms with E-state index in [1.807, 2.05) is 31.2 Å². The molecule has 3 nitrogen and oxygen atoms in total. The van der Waals surface area contributed by atoms with Crippen LogP contribution >= 0.6 is 11.6 Å². The lowest BCUT2D eigenvalue weighted by Gasteiger charge is -2.12. The fourth-order valence-corrected chi connectivity index (χ4v) is 3.74. The number of benzene rings is 2. The molecule has 4 heteroatoms. The average Bonchev–Trinajstić information content (AvgIpc) is 2.88. The van der Waals surface area contributed by atoms with Gasteiger partial charge < -0.3 is 10.3 Å². The van der Waals surface area contributed by atoms with E-state index in [2.05, 4.69) is 42.7 Å². The number of primary amides is 1. The molecule has 0 aliphatic carbocycles. The van der Waals surface area contributed by atoms with E-state index in [0.29, 0.717) is 17.1 Å². The number of aryl methyl sites for hydroxylation is 1. The average molecular weight is 367 g/mol. The van der Waals surface area contributed by atoms with Gasteiger partial charge in [-0.2, -0.15) is 0 Å². The first-order valence-corrected chi connectivity index (χ1v) is 9.13. The number of hydrogen-bond acceptors (Lipinski definition) is 1. The van der Waals surface area contributed by atoms with Gasteiger partial charge in [-0.3, -0.25) is 4.79 Å². The summed E-state index contributed by atoms with van der Waals surface area (Å²) in [5.41, 5.74) is 12.6. The molecule has 0 aliphatic rings. The van der Waals surface area contributed by atoms with Crippen molar-refractivity contribution < 1.29 is 4.79 Å². The molecule has 0 radical (unpaired) electrons. The highest BCUT2D eigenvalue weighted by Gasteiger charge is 2.23. The van der Waals surface area contributed by atoms with Gasteiger partial charge in [0, 0.05) is 28.5 Å². The molecule has 2 aromatic carbocycles. The van der Waals surface area contributed by atoms with Crippen LogP contribution in [0.4, 0.5) is 0 Å². The van der Waals surface area contributed by atoms with Gasteiger partial charge in [-0.05, 0) is 43.5 Å². The lowest BCUT2D eigenvalue weighted by Crippen LogP contribution is -2.13. The molecule has 0 fully saturated rings. The summed E-state index contributed by atoms with van der Waals surface area (Å²) >= 11 is 6.14. The van der Waals surface area contributed by atoms with Crippen LogP contribution in [0.2, 0.25) is 5.02 Å². The fraction of sp³-hybridized carbons (Fsp3) is 0.227. The van der Waals surface area contributed by atoms with Crippen molar-refractivity contribution in [2.24, 2.45) is 5.73 Å².